The maximum absolute atomic E-state index is 5.70. The summed E-state index contributed by atoms with van der Waals surface area (Å²) in [6.07, 6.45) is 3.65. The number of nitrogens with zero attached hydrogens (tertiary/aromatic N) is 2. The highest BCUT2D eigenvalue weighted by Crippen LogP contribution is 2.31. The van der Waals surface area contributed by atoms with Crippen molar-refractivity contribution in [3.05, 3.63) is 24.2 Å². The normalized spacial score (nSPS) is 24.3. The lowest BCUT2D eigenvalue weighted by Gasteiger charge is -2.07. The molecule has 2 aromatic heterocycles. The lowest BCUT2D eigenvalue weighted by molar-refractivity contribution is 0.0307. The zero-order valence-corrected chi connectivity index (χ0v) is 9.30. The molecule has 3 N–H and O–H groups in total. The number of aromatic nitrogens is 3. The van der Waals surface area contributed by atoms with Crippen LogP contribution in [0.4, 0.5) is 0 Å². The Bertz CT molecular complexity index is 479. The molecule has 2 unspecified atom stereocenters. The van der Waals surface area contributed by atoms with Crippen LogP contribution in [0.5, 0.6) is 0 Å². The number of aromatic amines is 1. The molecule has 1 fully saturated rings. The molecule has 0 aromatic carbocycles. The summed E-state index contributed by atoms with van der Waals surface area (Å²) in [5.74, 6) is 1.09. The molecule has 90 valence electrons. The molecule has 6 nitrogen and oxygen atoms in total. The van der Waals surface area contributed by atoms with Crippen LogP contribution in [-0.2, 0) is 4.74 Å². The second kappa shape index (κ2) is 4.31. The Balaban J connectivity index is 1.77. The maximum atomic E-state index is 5.70. The van der Waals surface area contributed by atoms with Gasteiger partial charge in [-0.1, -0.05) is 5.16 Å². The van der Waals surface area contributed by atoms with Crippen LogP contribution in [-0.4, -0.2) is 27.8 Å². The highest BCUT2D eigenvalue weighted by molar-refractivity contribution is 5.47. The summed E-state index contributed by atoms with van der Waals surface area (Å²) in [5, 5.41) is 3.93. The molecule has 0 aliphatic carbocycles. The van der Waals surface area contributed by atoms with Gasteiger partial charge in [0.05, 0.1) is 11.8 Å². The van der Waals surface area contributed by atoms with Gasteiger partial charge in [-0.15, -0.1) is 0 Å². The van der Waals surface area contributed by atoms with Gasteiger partial charge in [0.2, 0.25) is 5.82 Å². The third-order valence-electron chi connectivity index (χ3n) is 2.93. The van der Waals surface area contributed by atoms with Gasteiger partial charge in [-0.25, -0.2) is 0 Å². The predicted octanol–water partition coefficient (Wildman–Crippen LogP) is 1.24. The number of nitrogens with one attached hydrogen (secondary N) is 1. The molecule has 2 aromatic rings. The summed E-state index contributed by atoms with van der Waals surface area (Å²) in [4.78, 5) is 7.36. The van der Waals surface area contributed by atoms with Crippen molar-refractivity contribution in [3.63, 3.8) is 0 Å². The highest BCUT2D eigenvalue weighted by atomic mass is 16.5. The minimum absolute atomic E-state index is 0.111. The fourth-order valence-electron chi connectivity index (χ4n) is 2.01. The van der Waals surface area contributed by atoms with Gasteiger partial charge in [0.25, 0.3) is 5.89 Å². The number of hydrogen-bond acceptors (Lipinski definition) is 5. The highest BCUT2D eigenvalue weighted by Gasteiger charge is 2.30. The molecule has 17 heavy (non-hydrogen) atoms. The van der Waals surface area contributed by atoms with Gasteiger partial charge in [-0.05, 0) is 25.0 Å². The number of H-pyrrole nitrogens is 1. The lowest BCUT2D eigenvalue weighted by atomic mass is 10.2. The number of rotatable bonds is 3. The molecule has 1 aliphatic rings. The van der Waals surface area contributed by atoms with Crippen molar-refractivity contribution in [1.82, 2.24) is 15.1 Å². The van der Waals surface area contributed by atoms with E-state index in [0.717, 1.165) is 18.5 Å². The molecule has 0 saturated carbocycles. The minimum atomic E-state index is -0.111. The van der Waals surface area contributed by atoms with Crippen molar-refractivity contribution in [2.75, 3.05) is 6.54 Å². The van der Waals surface area contributed by atoms with Crippen LogP contribution in [0.3, 0.4) is 0 Å². The summed E-state index contributed by atoms with van der Waals surface area (Å²) < 4.78 is 10.9. The van der Waals surface area contributed by atoms with Gasteiger partial charge in [-0.2, -0.15) is 4.98 Å². The SMILES string of the molecule is NCC1CCC(c2nc(-c3ccc[nH]3)no2)O1. The van der Waals surface area contributed by atoms with E-state index in [0.29, 0.717) is 18.3 Å². The Morgan fingerprint density at radius 1 is 1.47 bits per heavy atom. The predicted molar refractivity (Wildman–Crippen MR) is 60.0 cm³/mol. The quantitative estimate of drug-likeness (QED) is 0.834. The van der Waals surface area contributed by atoms with E-state index in [1.165, 1.54) is 0 Å². The van der Waals surface area contributed by atoms with E-state index in [-0.39, 0.29) is 12.2 Å². The molecule has 0 bridgehead atoms. The molecule has 0 amide bonds. The molecule has 0 spiro atoms. The minimum Gasteiger partial charge on any atom is -0.364 e. The summed E-state index contributed by atoms with van der Waals surface area (Å²) >= 11 is 0. The first kappa shape index (κ1) is 10.5. The van der Waals surface area contributed by atoms with Crippen LogP contribution < -0.4 is 5.73 Å². The lowest BCUT2D eigenvalue weighted by Crippen LogP contribution is -2.18. The fraction of sp³-hybridized carbons (Fsp3) is 0.455. The van der Waals surface area contributed by atoms with Crippen LogP contribution in [0.15, 0.2) is 22.9 Å². The van der Waals surface area contributed by atoms with Crippen molar-refractivity contribution in [3.8, 4) is 11.5 Å². The maximum Gasteiger partial charge on any atom is 0.256 e. The van der Waals surface area contributed by atoms with Crippen molar-refractivity contribution in [1.29, 1.82) is 0 Å². The zero-order chi connectivity index (χ0) is 11.7. The average Bonchev–Trinajstić information content (AvgIpc) is 3.09. The standard InChI is InChI=1S/C11H14N4O2/c12-6-7-3-4-9(16-7)11-14-10(15-17-11)8-2-1-5-13-8/h1-2,5,7,9,13H,3-4,6,12H2. The van der Waals surface area contributed by atoms with Gasteiger partial charge in [-0.3, -0.25) is 0 Å². The van der Waals surface area contributed by atoms with Crippen molar-refractivity contribution >= 4 is 0 Å². The van der Waals surface area contributed by atoms with Crippen LogP contribution in [0, 0.1) is 0 Å². The smallest absolute Gasteiger partial charge is 0.256 e. The van der Waals surface area contributed by atoms with Crippen LogP contribution in [0.1, 0.15) is 24.8 Å². The molecule has 1 saturated heterocycles. The Labute approximate surface area is 98.2 Å². The Kier molecular flexibility index (Phi) is 2.66. The van der Waals surface area contributed by atoms with Crippen LogP contribution in [0.2, 0.25) is 0 Å². The largest absolute Gasteiger partial charge is 0.364 e. The van der Waals surface area contributed by atoms with Crippen LogP contribution in [0.25, 0.3) is 11.5 Å². The van der Waals surface area contributed by atoms with Crippen molar-refractivity contribution in [2.45, 2.75) is 25.0 Å². The van der Waals surface area contributed by atoms with Crippen LogP contribution >= 0.6 is 0 Å². The third-order valence-corrected chi connectivity index (χ3v) is 2.93. The van der Waals surface area contributed by atoms with E-state index in [1.807, 2.05) is 18.3 Å². The monoisotopic (exact) mass is 234 g/mol. The Morgan fingerprint density at radius 2 is 2.41 bits per heavy atom. The molecule has 1 aliphatic heterocycles. The second-order valence-corrected chi connectivity index (χ2v) is 4.10. The number of ether oxygens (including phenoxy) is 1. The Morgan fingerprint density at radius 3 is 3.12 bits per heavy atom. The first-order valence-corrected chi connectivity index (χ1v) is 5.69. The molecule has 0 radical (unpaired) electrons. The van der Waals surface area contributed by atoms with E-state index in [1.54, 1.807) is 0 Å². The summed E-state index contributed by atoms with van der Waals surface area (Å²) in [7, 11) is 0. The molecular formula is C11H14N4O2. The van der Waals surface area contributed by atoms with E-state index in [9.17, 15) is 0 Å². The third kappa shape index (κ3) is 1.96. The summed E-state index contributed by atoms with van der Waals surface area (Å²) in [6.45, 7) is 0.536. The molecular weight excluding hydrogens is 220 g/mol. The van der Waals surface area contributed by atoms with Gasteiger partial charge in [0.1, 0.15) is 6.10 Å². The summed E-state index contributed by atoms with van der Waals surface area (Å²) in [6, 6.07) is 3.79. The van der Waals surface area contributed by atoms with E-state index in [4.69, 9.17) is 15.0 Å². The van der Waals surface area contributed by atoms with Gasteiger partial charge in [0.15, 0.2) is 0 Å². The van der Waals surface area contributed by atoms with Gasteiger partial charge >= 0.3 is 0 Å². The second-order valence-electron chi connectivity index (χ2n) is 4.10. The van der Waals surface area contributed by atoms with E-state index >= 15 is 0 Å². The fourth-order valence-corrected chi connectivity index (χ4v) is 2.01. The number of hydrogen-bond donors (Lipinski definition) is 2. The average molecular weight is 234 g/mol. The molecule has 3 rings (SSSR count). The number of nitrogens with two attached hydrogens (primary N) is 1. The summed E-state index contributed by atoms with van der Waals surface area (Å²) in [5.41, 5.74) is 6.40. The van der Waals surface area contributed by atoms with Gasteiger partial charge in [0, 0.05) is 12.7 Å². The first-order chi connectivity index (χ1) is 8.36. The van der Waals surface area contributed by atoms with E-state index in [2.05, 4.69) is 15.1 Å². The topological polar surface area (TPSA) is 90.0 Å². The first-order valence-electron chi connectivity index (χ1n) is 5.69. The Hall–Kier alpha value is -1.66. The molecule has 6 heteroatoms. The van der Waals surface area contributed by atoms with Crippen molar-refractivity contribution in [2.24, 2.45) is 5.73 Å². The molecule has 2 atom stereocenters. The zero-order valence-electron chi connectivity index (χ0n) is 9.30. The van der Waals surface area contributed by atoms with E-state index < -0.39 is 0 Å². The van der Waals surface area contributed by atoms with Crippen molar-refractivity contribution < 1.29 is 9.26 Å². The molecule has 3 heterocycles. The van der Waals surface area contributed by atoms with Gasteiger partial charge < -0.3 is 20.0 Å².